The molecule has 1 aliphatic carbocycles. The third kappa shape index (κ3) is 5.62. The number of anilines is 1. The minimum Gasteiger partial charge on any atom is -0.505 e. The maximum Gasteiger partial charge on any atom is 0.144 e. The Kier molecular flexibility index (Phi) is 6.69. The van der Waals surface area contributed by atoms with E-state index in [0.29, 0.717) is 17.1 Å². The van der Waals surface area contributed by atoms with E-state index in [1.807, 2.05) is 36.4 Å². The zero-order valence-electron chi connectivity index (χ0n) is 21.0. The van der Waals surface area contributed by atoms with Crippen LogP contribution in [0.1, 0.15) is 71.6 Å². The zero-order valence-corrected chi connectivity index (χ0v) is 21.0. The van der Waals surface area contributed by atoms with Gasteiger partial charge >= 0.3 is 0 Å². The van der Waals surface area contributed by atoms with Crippen LogP contribution >= 0.6 is 0 Å². The third-order valence-electron chi connectivity index (χ3n) is 6.23. The van der Waals surface area contributed by atoms with Gasteiger partial charge in [-0.2, -0.15) is 5.10 Å². The van der Waals surface area contributed by atoms with Gasteiger partial charge in [0.1, 0.15) is 11.5 Å². The van der Waals surface area contributed by atoms with Gasteiger partial charge in [-0.1, -0.05) is 97.0 Å². The largest absolute Gasteiger partial charge is 0.505 e. The van der Waals surface area contributed by atoms with Crippen LogP contribution < -0.4 is 5.43 Å². The molecule has 174 valence electrons. The van der Waals surface area contributed by atoms with Gasteiger partial charge in [0.15, 0.2) is 0 Å². The minimum atomic E-state index is -0.414. The molecule has 0 radical (unpaired) electrons. The summed E-state index contributed by atoms with van der Waals surface area (Å²) in [5.41, 5.74) is 7.23. The number of hydrogen-bond donors (Lipinski definition) is 3. The van der Waals surface area contributed by atoms with Crippen molar-refractivity contribution >= 4 is 17.1 Å². The summed E-state index contributed by atoms with van der Waals surface area (Å²) in [5, 5.41) is 23.9. The zero-order chi connectivity index (χ0) is 24.4. The minimum absolute atomic E-state index is 0.114. The molecule has 0 unspecified atom stereocenters. The van der Waals surface area contributed by atoms with Crippen LogP contribution in [0.4, 0.5) is 5.69 Å². The highest BCUT2D eigenvalue weighted by molar-refractivity contribution is 6.50. The van der Waals surface area contributed by atoms with Crippen LogP contribution in [-0.4, -0.2) is 16.5 Å². The Morgan fingerprint density at radius 1 is 0.879 bits per heavy atom. The van der Waals surface area contributed by atoms with Crippen molar-refractivity contribution in [2.45, 2.75) is 65.7 Å². The van der Waals surface area contributed by atoms with Crippen LogP contribution in [0.3, 0.4) is 0 Å². The first-order valence-corrected chi connectivity index (χ1v) is 11.5. The molecule has 33 heavy (non-hydrogen) atoms. The number of nitrogens with one attached hydrogen (secondary N) is 2. The number of phenols is 1. The molecule has 0 heterocycles. The Bertz CT molecular complexity index is 1110. The number of benzene rings is 2. The van der Waals surface area contributed by atoms with Crippen molar-refractivity contribution in [2.24, 2.45) is 10.5 Å². The van der Waals surface area contributed by atoms with Gasteiger partial charge in [-0.15, -0.1) is 0 Å². The van der Waals surface area contributed by atoms with Crippen molar-refractivity contribution in [1.29, 1.82) is 5.41 Å². The predicted molar refractivity (Wildman–Crippen MR) is 141 cm³/mol. The molecule has 0 bridgehead atoms. The van der Waals surface area contributed by atoms with Crippen molar-refractivity contribution in [3.63, 3.8) is 0 Å². The third-order valence-corrected chi connectivity index (χ3v) is 6.23. The second kappa shape index (κ2) is 9.01. The van der Waals surface area contributed by atoms with Gasteiger partial charge in [0.2, 0.25) is 0 Å². The molecule has 0 saturated heterocycles. The number of rotatable bonds is 6. The van der Waals surface area contributed by atoms with Crippen LogP contribution in [0, 0.1) is 10.8 Å². The number of aromatic hydroxyl groups is 1. The van der Waals surface area contributed by atoms with Gasteiger partial charge in [-0.3, -0.25) is 10.8 Å². The van der Waals surface area contributed by atoms with Crippen molar-refractivity contribution in [1.82, 2.24) is 0 Å². The fourth-order valence-electron chi connectivity index (χ4n) is 4.72. The van der Waals surface area contributed by atoms with E-state index >= 15 is 0 Å². The van der Waals surface area contributed by atoms with Crippen LogP contribution in [0.15, 0.2) is 71.9 Å². The van der Waals surface area contributed by atoms with Gasteiger partial charge in [0.25, 0.3) is 0 Å². The van der Waals surface area contributed by atoms with Crippen LogP contribution in [0.25, 0.3) is 0 Å². The van der Waals surface area contributed by atoms with Gasteiger partial charge in [0.05, 0.1) is 11.4 Å². The number of phenolic OH excluding ortho intramolecular Hbond substituents is 1. The van der Waals surface area contributed by atoms with Crippen molar-refractivity contribution < 1.29 is 5.11 Å². The first kappa shape index (κ1) is 24.5. The highest BCUT2D eigenvalue weighted by Gasteiger charge is 2.33. The lowest BCUT2D eigenvalue weighted by molar-refractivity contribution is 0.284. The molecule has 2 aromatic carbocycles. The number of allylic oxidation sites excluding steroid dienone is 4. The van der Waals surface area contributed by atoms with Crippen molar-refractivity contribution in [2.75, 3.05) is 5.43 Å². The van der Waals surface area contributed by atoms with E-state index in [-0.39, 0.29) is 16.6 Å². The molecule has 0 atom stereocenters. The quantitative estimate of drug-likeness (QED) is 0.248. The number of nitrogens with zero attached hydrogens (tertiary/aromatic N) is 1. The molecule has 0 amide bonds. The maximum absolute atomic E-state index is 11.4. The molecular weight excluding hydrogens is 406 g/mol. The van der Waals surface area contributed by atoms with Crippen LogP contribution in [0.5, 0.6) is 5.75 Å². The Morgan fingerprint density at radius 2 is 1.52 bits per heavy atom. The lowest BCUT2D eigenvalue weighted by Crippen LogP contribution is -2.26. The number of hydrazone groups is 1. The number of hydrogen-bond acceptors (Lipinski definition) is 4. The van der Waals surface area contributed by atoms with E-state index in [0.717, 1.165) is 23.1 Å². The first-order chi connectivity index (χ1) is 15.3. The molecule has 0 saturated carbocycles. The first-order valence-electron chi connectivity index (χ1n) is 11.5. The summed E-state index contributed by atoms with van der Waals surface area (Å²) in [6.45, 7) is 15.5. The van der Waals surface area contributed by atoms with E-state index in [2.05, 4.69) is 77.2 Å². The Morgan fingerprint density at radius 3 is 2.12 bits per heavy atom. The molecule has 0 spiro atoms. The fraction of sp³-hybridized carbons (Fsp3) is 0.379. The average molecular weight is 444 g/mol. The topological polar surface area (TPSA) is 68.5 Å². The van der Waals surface area contributed by atoms with Crippen molar-refractivity contribution in [3.8, 4) is 5.75 Å². The fourth-order valence-corrected chi connectivity index (χ4v) is 4.72. The lowest BCUT2D eigenvalue weighted by atomic mass is 9.70. The second-order valence-corrected chi connectivity index (χ2v) is 11.3. The highest BCUT2D eigenvalue weighted by atomic mass is 16.3. The summed E-state index contributed by atoms with van der Waals surface area (Å²) in [4.78, 5) is 0. The molecule has 4 nitrogen and oxygen atoms in total. The Balaban J connectivity index is 2.15. The van der Waals surface area contributed by atoms with Crippen LogP contribution in [0.2, 0.25) is 0 Å². The summed E-state index contributed by atoms with van der Waals surface area (Å²) in [6.07, 6.45) is 8.14. The van der Waals surface area contributed by atoms with Crippen molar-refractivity contribution in [3.05, 3.63) is 83.5 Å². The monoisotopic (exact) mass is 443 g/mol. The molecule has 0 aliphatic heterocycles. The summed E-state index contributed by atoms with van der Waals surface area (Å²) in [6, 6.07) is 14.4. The van der Waals surface area contributed by atoms with E-state index in [1.165, 1.54) is 0 Å². The van der Waals surface area contributed by atoms with E-state index in [9.17, 15) is 5.11 Å². The Hall–Kier alpha value is -3.14. The van der Waals surface area contributed by atoms with Gasteiger partial charge in [-0.25, -0.2) is 0 Å². The second-order valence-electron chi connectivity index (χ2n) is 11.3. The standard InChI is InChI=1S/C29H37N3O/c1-27(2,3)19-28(4,5)21-17-22(29(6,7)20-13-9-8-10-14-20)26(33)25(18-21)32-31-24-16-12-11-15-23(24)30/h8-18,30,32-33H,19H2,1-7H3/b30-23?,31-24-. The molecule has 2 aromatic rings. The lowest BCUT2D eigenvalue weighted by Gasteiger charge is -2.35. The summed E-state index contributed by atoms with van der Waals surface area (Å²) in [7, 11) is 0. The van der Waals surface area contributed by atoms with E-state index in [4.69, 9.17) is 5.41 Å². The van der Waals surface area contributed by atoms with E-state index < -0.39 is 5.41 Å². The Labute approximate surface area is 198 Å². The molecular formula is C29H37N3O. The molecule has 3 rings (SSSR count). The van der Waals surface area contributed by atoms with Gasteiger partial charge in [-0.05, 0) is 46.6 Å². The highest BCUT2D eigenvalue weighted by Crippen LogP contribution is 2.45. The summed E-state index contributed by atoms with van der Waals surface area (Å²) in [5.74, 6) is 0.186. The molecule has 0 fully saturated rings. The molecule has 0 aromatic heterocycles. The predicted octanol–water partition coefficient (Wildman–Crippen LogP) is 7.35. The smallest absolute Gasteiger partial charge is 0.144 e. The normalized spacial score (nSPS) is 15.8. The molecule has 1 aliphatic rings. The van der Waals surface area contributed by atoms with Gasteiger partial charge < -0.3 is 5.11 Å². The summed E-state index contributed by atoms with van der Waals surface area (Å²) < 4.78 is 0. The van der Waals surface area contributed by atoms with E-state index in [1.54, 1.807) is 12.2 Å². The average Bonchev–Trinajstić information content (AvgIpc) is 2.72. The SMILES string of the molecule is CC(C)(C)CC(C)(C)c1cc(N/N=C2/C=CC=CC2=N)c(O)c(C(C)(C)c2ccccc2)c1. The van der Waals surface area contributed by atoms with Crippen LogP contribution in [-0.2, 0) is 10.8 Å². The molecule has 4 heteroatoms. The maximum atomic E-state index is 11.4. The summed E-state index contributed by atoms with van der Waals surface area (Å²) >= 11 is 0. The molecule has 3 N–H and O–H groups in total. The van der Waals surface area contributed by atoms with Gasteiger partial charge in [0, 0.05) is 11.0 Å².